The fourth-order valence-electron chi connectivity index (χ4n) is 5.38. The molecule has 0 atom stereocenters. The molecule has 6 aromatic rings. The molecule has 0 fully saturated rings. The predicted molar refractivity (Wildman–Crippen MR) is 192 cm³/mol. The molecular formula is C43H37N. The fraction of sp³-hybridized carbons (Fsp3) is 0.0698. The van der Waals surface area contributed by atoms with Gasteiger partial charge in [0.25, 0.3) is 0 Å². The number of anilines is 3. The van der Waals surface area contributed by atoms with E-state index in [0.717, 1.165) is 17.1 Å². The Labute approximate surface area is 262 Å². The largest absolute Gasteiger partial charge is 0.311 e. The first-order valence-electron chi connectivity index (χ1n) is 15.2. The monoisotopic (exact) mass is 567 g/mol. The van der Waals surface area contributed by atoms with Gasteiger partial charge < -0.3 is 4.90 Å². The molecule has 6 rings (SSSR count). The number of nitrogens with zero attached hydrogens (tertiary/aromatic N) is 1. The lowest BCUT2D eigenvalue weighted by Gasteiger charge is -2.26. The Morgan fingerprint density at radius 1 is 0.341 bits per heavy atom. The van der Waals surface area contributed by atoms with Gasteiger partial charge in [0, 0.05) is 17.1 Å². The average Bonchev–Trinajstić information content (AvgIpc) is 3.07. The van der Waals surface area contributed by atoms with Crippen LogP contribution < -0.4 is 4.90 Å². The van der Waals surface area contributed by atoms with Crippen molar-refractivity contribution in [3.05, 3.63) is 179 Å². The maximum atomic E-state index is 2.32. The maximum absolute atomic E-state index is 2.32. The van der Waals surface area contributed by atoms with Crippen LogP contribution in [0.4, 0.5) is 17.1 Å². The van der Waals surface area contributed by atoms with Gasteiger partial charge in [-0.05, 0) is 96.1 Å². The van der Waals surface area contributed by atoms with Gasteiger partial charge in [-0.2, -0.15) is 0 Å². The Kier molecular flexibility index (Phi) is 8.66. The van der Waals surface area contributed by atoms with Gasteiger partial charge in [0.05, 0.1) is 0 Å². The summed E-state index contributed by atoms with van der Waals surface area (Å²) in [7, 11) is 0. The van der Waals surface area contributed by atoms with Crippen molar-refractivity contribution >= 4 is 35.3 Å². The van der Waals surface area contributed by atoms with Crippen LogP contribution in [0.3, 0.4) is 0 Å². The van der Waals surface area contributed by atoms with E-state index in [1.165, 1.54) is 50.1 Å². The average molecular weight is 568 g/mol. The Morgan fingerprint density at radius 3 is 1.00 bits per heavy atom. The van der Waals surface area contributed by atoms with Crippen LogP contribution in [0.1, 0.15) is 34.7 Å². The van der Waals surface area contributed by atoms with Gasteiger partial charge in [0.1, 0.15) is 0 Å². The highest BCUT2D eigenvalue weighted by Crippen LogP contribution is 2.37. The highest BCUT2D eigenvalue weighted by Gasteiger charge is 2.13. The molecule has 0 aromatic heterocycles. The number of hydrogen-bond acceptors (Lipinski definition) is 1. The molecule has 0 spiro atoms. The van der Waals surface area contributed by atoms with Crippen LogP contribution in [-0.4, -0.2) is 0 Å². The normalized spacial score (nSPS) is 11.3. The lowest BCUT2D eigenvalue weighted by molar-refractivity contribution is 1.27. The summed E-state index contributed by atoms with van der Waals surface area (Å²) in [5.74, 6) is 0. The van der Waals surface area contributed by atoms with Crippen molar-refractivity contribution < 1.29 is 0 Å². The fourth-order valence-corrected chi connectivity index (χ4v) is 5.38. The summed E-state index contributed by atoms with van der Waals surface area (Å²) in [6.45, 7) is 6.29. The molecule has 1 heteroatoms. The smallest absolute Gasteiger partial charge is 0.0462 e. The van der Waals surface area contributed by atoms with Crippen LogP contribution in [-0.2, 0) is 0 Å². The van der Waals surface area contributed by atoms with Crippen molar-refractivity contribution in [1.29, 1.82) is 0 Å². The summed E-state index contributed by atoms with van der Waals surface area (Å²) >= 11 is 0. The summed E-state index contributed by atoms with van der Waals surface area (Å²) in [6.07, 6.45) is 8.51. The van der Waals surface area contributed by atoms with Gasteiger partial charge in [-0.3, -0.25) is 0 Å². The van der Waals surface area contributed by atoms with Crippen LogP contribution in [0.2, 0.25) is 0 Å². The van der Waals surface area contributed by atoms with Crippen molar-refractivity contribution in [2.45, 2.75) is 20.8 Å². The molecule has 0 unspecified atom stereocenters. The molecule has 0 aliphatic carbocycles. The van der Waals surface area contributed by atoms with Gasteiger partial charge in [-0.25, -0.2) is 0 Å². The van der Waals surface area contributed by atoms with Gasteiger partial charge in [-0.15, -0.1) is 0 Å². The molecule has 0 aliphatic heterocycles. The maximum Gasteiger partial charge on any atom is 0.0462 e. The van der Waals surface area contributed by atoms with Crippen molar-refractivity contribution in [3.63, 3.8) is 0 Å². The molecule has 0 aliphatic rings. The second-order valence-electron chi connectivity index (χ2n) is 11.3. The molecule has 44 heavy (non-hydrogen) atoms. The van der Waals surface area contributed by atoms with E-state index in [-0.39, 0.29) is 0 Å². The van der Waals surface area contributed by atoms with Gasteiger partial charge in [0.15, 0.2) is 0 Å². The van der Waals surface area contributed by atoms with Crippen molar-refractivity contribution in [2.75, 3.05) is 4.90 Å². The molecule has 0 heterocycles. The molecule has 6 aromatic carbocycles. The number of allylic oxidation sites excluding steroid dienone is 1. The van der Waals surface area contributed by atoms with E-state index in [4.69, 9.17) is 0 Å². The highest BCUT2D eigenvalue weighted by molar-refractivity contribution is 5.80. The van der Waals surface area contributed by atoms with Crippen LogP contribution in [0.15, 0.2) is 152 Å². The minimum Gasteiger partial charge on any atom is -0.311 e. The Balaban J connectivity index is 1.23. The lowest BCUT2D eigenvalue weighted by Crippen LogP contribution is -2.09. The third-order valence-electron chi connectivity index (χ3n) is 7.94. The van der Waals surface area contributed by atoms with Crippen LogP contribution in [0, 0.1) is 13.8 Å². The SMILES string of the molecule is CC=Cc1ccc(C=Cc2ccc(-c3ccc(N(c4ccc(C)cc4)c4ccc(-c5ccc(C)cc5)cc4)cc3)cc2)cc1. The molecule has 0 amide bonds. The summed E-state index contributed by atoms with van der Waals surface area (Å²) in [6, 6.07) is 52.5. The highest BCUT2D eigenvalue weighted by atomic mass is 15.1. The Morgan fingerprint density at radius 2 is 0.614 bits per heavy atom. The quantitative estimate of drug-likeness (QED) is 0.165. The van der Waals surface area contributed by atoms with Gasteiger partial charge in [-0.1, -0.05) is 145 Å². The molecule has 0 bridgehead atoms. The number of rotatable bonds is 8. The molecular weight excluding hydrogens is 530 g/mol. The van der Waals surface area contributed by atoms with Gasteiger partial charge in [0.2, 0.25) is 0 Å². The van der Waals surface area contributed by atoms with Gasteiger partial charge >= 0.3 is 0 Å². The molecule has 0 saturated carbocycles. The zero-order chi connectivity index (χ0) is 30.3. The topological polar surface area (TPSA) is 3.24 Å². The second-order valence-corrected chi connectivity index (χ2v) is 11.3. The minimum atomic E-state index is 1.13. The molecule has 0 N–H and O–H groups in total. The third-order valence-corrected chi connectivity index (χ3v) is 7.94. The van der Waals surface area contributed by atoms with Crippen molar-refractivity contribution in [3.8, 4) is 22.3 Å². The zero-order valence-electron chi connectivity index (χ0n) is 25.6. The van der Waals surface area contributed by atoms with E-state index in [1.54, 1.807) is 0 Å². The number of benzene rings is 6. The van der Waals surface area contributed by atoms with Crippen molar-refractivity contribution in [1.82, 2.24) is 0 Å². The van der Waals surface area contributed by atoms with E-state index in [9.17, 15) is 0 Å². The second kappa shape index (κ2) is 13.3. The predicted octanol–water partition coefficient (Wildman–Crippen LogP) is 12.3. The first-order valence-corrected chi connectivity index (χ1v) is 15.2. The Hall–Kier alpha value is -5.40. The van der Waals surface area contributed by atoms with Crippen LogP contribution in [0.25, 0.3) is 40.5 Å². The summed E-state index contributed by atoms with van der Waals surface area (Å²) in [5, 5.41) is 0. The summed E-state index contributed by atoms with van der Waals surface area (Å²) in [5.41, 5.74) is 14.4. The number of aryl methyl sites for hydroxylation is 2. The van der Waals surface area contributed by atoms with Crippen LogP contribution >= 0.6 is 0 Å². The van der Waals surface area contributed by atoms with E-state index in [0.29, 0.717) is 0 Å². The molecule has 0 saturated heterocycles. The lowest BCUT2D eigenvalue weighted by atomic mass is 10.0. The van der Waals surface area contributed by atoms with E-state index in [1.807, 2.05) is 6.92 Å². The van der Waals surface area contributed by atoms with E-state index >= 15 is 0 Å². The molecule has 214 valence electrons. The first-order chi connectivity index (χ1) is 21.6. The number of hydrogen-bond donors (Lipinski definition) is 0. The summed E-state index contributed by atoms with van der Waals surface area (Å²) < 4.78 is 0. The Bertz CT molecular complexity index is 1850. The molecule has 1 nitrogen and oxygen atoms in total. The molecule has 0 radical (unpaired) electrons. The minimum absolute atomic E-state index is 1.13. The van der Waals surface area contributed by atoms with E-state index < -0.39 is 0 Å². The van der Waals surface area contributed by atoms with Crippen molar-refractivity contribution in [2.24, 2.45) is 0 Å². The first kappa shape index (κ1) is 28.7. The third kappa shape index (κ3) is 6.80. The van der Waals surface area contributed by atoms with E-state index in [2.05, 4.69) is 189 Å². The zero-order valence-corrected chi connectivity index (χ0v) is 25.6. The van der Waals surface area contributed by atoms with Crippen LogP contribution in [0.5, 0.6) is 0 Å². The summed E-state index contributed by atoms with van der Waals surface area (Å²) in [4.78, 5) is 2.32. The standard InChI is InChI=1S/C43H37N/c1-4-5-34-10-12-35(13-11-34)14-15-36-16-20-38(21-17-36)40-24-30-43(31-25-40)44(41-26-8-33(3)9-27-41)42-28-22-39(23-29-42)37-18-6-32(2)7-19-37/h4-31H,1-3H3.